The van der Waals surface area contributed by atoms with Gasteiger partial charge in [-0.15, -0.1) is 0 Å². The molecule has 5 nitrogen and oxygen atoms in total. The van der Waals surface area contributed by atoms with E-state index < -0.39 is 0 Å². The van der Waals surface area contributed by atoms with Crippen LogP contribution in [0.15, 0.2) is 36.9 Å². The second-order valence-electron chi connectivity index (χ2n) is 6.78. The number of rotatable bonds is 6. The summed E-state index contributed by atoms with van der Waals surface area (Å²) in [5.74, 6) is 0.0549. The summed E-state index contributed by atoms with van der Waals surface area (Å²) < 4.78 is 0. The van der Waals surface area contributed by atoms with E-state index in [0.717, 1.165) is 17.5 Å². The van der Waals surface area contributed by atoms with Gasteiger partial charge in [-0.3, -0.25) is 14.9 Å². The second-order valence-corrected chi connectivity index (χ2v) is 6.78. The molecule has 0 aliphatic heterocycles. The molecule has 1 amide bonds. The maximum Gasteiger partial charge on any atom is 0.220 e. The summed E-state index contributed by atoms with van der Waals surface area (Å²) in [4.78, 5) is 16.4. The van der Waals surface area contributed by atoms with E-state index in [0.29, 0.717) is 12.8 Å². The molecule has 0 fully saturated rings. The molecular weight excluding hydrogens is 276 g/mol. The number of hydrogen-bond acceptors (Lipinski definition) is 3. The van der Waals surface area contributed by atoms with Gasteiger partial charge in [-0.25, -0.2) is 0 Å². The van der Waals surface area contributed by atoms with E-state index in [4.69, 9.17) is 0 Å². The van der Waals surface area contributed by atoms with Crippen LogP contribution in [0.4, 0.5) is 0 Å². The van der Waals surface area contributed by atoms with Gasteiger partial charge in [-0.2, -0.15) is 5.10 Å². The van der Waals surface area contributed by atoms with Gasteiger partial charge in [-0.05, 0) is 35.4 Å². The Morgan fingerprint density at radius 1 is 1.36 bits per heavy atom. The summed E-state index contributed by atoms with van der Waals surface area (Å²) >= 11 is 0. The van der Waals surface area contributed by atoms with E-state index in [1.807, 2.05) is 24.5 Å². The molecule has 2 aromatic rings. The molecule has 0 aliphatic rings. The Morgan fingerprint density at radius 2 is 2.18 bits per heavy atom. The third-order valence-electron chi connectivity index (χ3n) is 3.43. The molecule has 1 atom stereocenters. The molecule has 118 valence electrons. The topological polar surface area (TPSA) is 70.7 Å². The van der Waals surface area contributed by atoms with Gasteiger partial charge in [-0.1, -0.05) is 26.8 Å². The molecule has 2 rings (SSSR count). The highest BCUT2D eigenvalue weighted by Gasteiger charge is 2.22. The number of H-pyrrole nitrogens is 1. The van der Waals surface area contributed by atoms with Crippen molar-refractivity contribution in [3.8, 4) is 0 Å². The van der Waals surface area contributed by atoms with E-state index in [1.165, 1.54) is 0 Å². The molecule has 0 saturated carbocycles. The number of hydrogen-bond donors (Lipinski definition) is 2. The van der Waals surface area contributed by atoms with E-state index in [1.54, 1.807) is 12.4 Å². The SMILES string of the molecule is CC(C)(C)C[C@H](NC(=O)CCc1cn[nH]c1)c1cccnc1. The highest BCUT2D eigenvalue weighted by atomic mass is 16.1. The van der Waals surface area contributed by atoms with Crippen molar-refractivity contribution in [2.24, 2.45) is 5.41 Å². The maximum atomic E-state index is 12.2. The minimum Gasteiger partial charge on any atom is -0.349 e. The monoisotopic (exact) mass is 300 g/mol. The number of pyridine rings is 1. The standard InChI is InChI=1S/C17H24N4O/c1-17(2,3)9-15(14-5-4-8-18-12-14)21-16(22)7-6-13-10-19-20-11-13/h4-5,8,10-12,15H,6-7,9H2,1-3H3,(H,19,20)(H,21,22)/t15-/m0/s1. The van der Waals surface area contributed by atoms with Gasteiger partial charge in [0.05, 0.1) is 12.2 Å². The first-order valence-corrected chi connectivity index (χ1v) is 7.61. The van der Waals surface area contributed by atoms with Crippen LogP contribution < -0.4 is 5.32 Å². The van der Waals surface area contributed by atoms with Crippen molar-refractivity contribution in [2.75, 3.05) is 0 Å². The van der Waals surface area contributed by atoms with Crippen molar-refractivity contribution in [2.45, 2.75) is 46.1 Å². The van der Waals surface area contributed by atoms with Gasteiger partial charge < -0.3 is 5.32 Å². The van der Waals surface area contributed by atoms with E-state index in [-0.39, 0.29) is 17.4 Å². The number of carbonyl (C=O) groups is 1. The van der Waals surface area contributed by atoms with Crippen LogP contribution >= 0.6 is 0 Å². The molecule has 0 bridgehead atoms. The third kappa shape index (κ3) is 5.31. The molecular formula is C17H24N4O. The van der Waals surface area contributed by atoms with Crippen LogP contribution in [0.2, 0.25) is 0 Å². The summed E-state index contributed by atoms with van der Waals surface area (Å²) in [6.45, 7) is 6.52. The lowest BCUT2D eigenvalue weighted by atomic mass is 9.85. The van der Waals surface area contributed by atoms with Crippen LogP contribution in [-0.2, 0) is 11.2 Å². The first-order valence-electron chi connectivity index (χ1n) is 7.61. The molecule has 0 spiro atoms. The molecule has 0 unspecified atom stereocenters. The first kappa shape index (κ1) is 16.2. The summed E-state index contributed by atoms with van der Waals surface area (Å²) in [7, 11) is 0. The first-order chi connectivity index (χ1) is 10.4. The molecule has 22 heavy (non-hydrogen) atoms. The van der Waals surface area contributed by atoms with E-state index in [9.17, 15) is 4.79 Å². The van der Waals surface area contributed by atoms with Gasteiger partial charge in [0.1, 0.15) is 0 Å². The highest BCUT2D eigenvalue weighted by molar-refractivity contribution is 5.76. The van der Waals surface area contributed by atoms with Crippen molar-refractivity contribution < 1.29 is 4.79 Å². The summed E-state index contributed by atoms with van der Waals surface area (Å²) in [6.07, 6.45) is 9.17. The Morgan fingerprint density at radius 3 is 2.77 bits per heavy atom. The normalized spacial score (nSPS) is 12.9. The number of nitrogens with zero attached hydrogens (tertiary/aromatic N) is 2. The summed E-state index contributed by atoms with van der Waals surface area (Å²) in [5, 5.41) is 9.80. The second kappa shape index (κ2) is 7.20. The van der Waals surface area contributed by atoms with Crippen LogP contribution in [0.1, 0.15) is 50.8 Å². The highest BCUT2D eigenvalue weighted by Crippen LogP contribution is 2.29. The molecule has 5 heteroatoms. The molecule has 2 aromatic heterocycles. The van der Waals surface area contributed by atoms with Crippen LogP contribution in [0.3, 0.4) is 0 Å². The smallest absolute Gasteiger partial charge is 0.220 e. The molecule has 0 aliphatic carbocycles. The van der Waals surface area contributed by atoms with Crippen molar-refractivity contribution in [1.29, 1.82) is 0 Å². The largest absolute Gasteiger partial charge is 0.349 e. The fourth-order valence-electron chi connectivity index (χ4n) is 2.39. The zero-order valence-corrected chi connectivity index (χ0v) is 13.5. The lowest BCUT2D eigenvalue weighted by Gasteiger charge is -2.27. The van der Waals surface area contributed by atoms with Gasteiger partial charge in [0.15, 0.2) is 0 Å². The predicted molar refractivity (Wildman–Crippen MR) is 86.1 cm³/mol. The number of carbonyl (C=O) groups excluding carboxylic acids is 1. The van der Waals surface area contributed by atoms with Crippen molar-refractivity contribution in [3.05, 3.63) is 48.0 Å². The Hall–Kier alpha value is -2.17. The number of nitrogens with one attached hydrogen (secondary N) is 2. The van der Waals surface area contributed by atoms with Gasteiger partial charge in [0, 0.05) is 25.0 Å². The molecule has 2 heterocycles. The van der Waals surface area contributed by atoms with Crippen LogP contribution in [0.25, 0.3) is 0 Å². The molecule has 0 radical (unpaired) electrons. The number of amides is 1. The molecule has 0 saturated heterocycles. The Balaban J connectivity index is 1.98. The lowest BCUT2D eigenvalue weighted by molar-refractivity contribution is -0.122. The number of aryl methyl sites for hydroxylation is 1. The van der Waals surface area contributed by atoms with Crippen molar-refractivity contribution in [1.82, 2.24) is 20.5 Å². The minimum atomic E-state index is -0.00875. The molecule has 0 aromatic carbocycles. The van der Waals surface area contributed by atoms with Crippen molar-refractivity contribution in [3.63, 3.8) is 0 Å². The average molecular weight is 300 g/mol. The maximum absolute atomic E-state index is 12.2. The van der Waals surface area contributed by atoms with Crippen LogP contribution in [-0.4, -0.2) is 21.1 Å². The van der Waals surface area contributed by atoms with Gasteiger partial charge in [0.25, 0.3) is 0 Å². The van der Waals surface area contributed by atoms with E-state index in [2.05, 4.69) is 41.3 Å². The van der Waals surface area contributed by atoms with Crippen molar-refractivity contribution >= 4 is 5.91 Å². The predicted octanol–water partition coefficient (Wildman–Crippen LogP) is 3.03. The quantitative estimate of drug-likeness (QED) is 0.861. The Kier molecular flexibility index (Phi) is 5.31. The summed E-state index contributed by atoms with van der Waals surface area (Å²) in [6, 6.07) is 3.91. The zero-order chi connectivity index (χ0) is 16.0. The van der Waals surface area contributed by atoms with Crippen LogP contribution in [0, 0.1) is 5.41 Å². The Labute approximate surface area is 131 Å². The lowest BCUT2D eigenvalue weighted by Crippen LogP contribution is -2.31. The van der Waals surface area contributed by atoms with Crippen LogP contribution in [0.5, 0.6) is 0 Å². The Bertz CT molecular complexity index is 572. The fraction of sp³-hybridized carbons (Fsp3) is 0.471. The minimum absolute atomic E-state index is 0.00875. The molecule has 2 N–H and O–H groups in total. The summed E-state index contributed by atoms with van der Waals surface area (Å²) in [5.41, 5.74) is 2.22. The van der Waals surface area contributed by atoms with Gasteiger partial charge in [0.2, 0.25) is 5.91 Å². The third-order valence-corrected chi connectivity index (χ3v) is 3.43. The number of aromatic nitrogens is 3. The average Bonchev–Trinajstić information content (AvgIpc) is 2.97. The zero-order valence-electron chi connectivity index (χ0n) is 13.5. The fourth-order valence-corrected chi connectivity index (χ4v) is 2.39. The van der Waals surface area contributed by atoms with E-state index >= 15 is 0 Å². The van der Waals surface area contributed by atoms with Gasteiger partial charge >= 0.3 is 0 Å². The number of aromatic amines is 1.